The quantitative estimate of drug-likeness (QED) is 0.874. The van der Waals surface area contributed by atoms with Gasteiger partial charge in [-0.1, -0.05) is 12.1 Å². The Kier molecular flexibility index (Phi) is 5.39. The van der Waals surface area contributed by atoms with Gasteiger partial charge in [-0.2, -0.15) is 0 Å². The number of fused-ring (bicyclic) bond motifs is 1. The summed E-state index contributed by atoms with van der Waals surface area (Å²) >= 11 is 0. The Hall–Kier alpha value is -2.57. The SMILES string of the molecule is COc1ccc(/C=C/c2nc(C)c(O)c3c2COC(C)(C)OC3)cc1OC. The van der Waals surface area contributed by atoms with Gasteiger partial charge in [0.1, 0.15) is 5.75 Å². The Morgan fingerprint density at radius 1 is 1.04 bits per heavy atom. The van der Waals surface area contributed by atoms with Crippen molar-refractivity contribution in [3.8, 4) is 17.2 Å². The number of methoxy groups -OCH3 is 2. The van der Waals surface area contributed by atoms with E-state index >= 15 is 0 Å². The highest BCUT2D eigenvalue weighted by Gasteiger charge is 2.27. The van der Waals surface area contributed by atoms with E-state index in [4.69, 9.17) is 18.9 Å². The lowest BCUT2D eigenvalue weighted by molar-refractivity contribution is -0.219. The Labute approximate surface area is 159 Å². The maximum atomic E-state index is 10.4. The molecule has 1 aromatic heterocycles. The third kappa shape index (κ3) is 4.07. The molecule has 0 spiro atoms. The van der Waals surface area contributed by atoms with Gasteiger partial charge in [-0.25, -0.2) is 4.98 Å². The van der Waals surface area contributed by atoms with Crippen LogP contribution in [0.15, 0.2) is 18.2 Å². The number of hydrogen-bond donors (Lipinski definition) is 1. The minimum atomic E-state index is -0.719. The smallest absolute Gasteiger partial charge is 0.163 e. The number of ether oxygens (including phenoxy) is 4. The average Bonchev–Trinajstić information content (AvgIpc) is 2.82. The second-order valence-electron chi connectivity index (χ2n) is 6.81. The van der Waals surface area contributed by atoms with Crippen molar-refractivity contribution in [2.24, 2.45) is 0 Å². The van der Waals surface area contributed by atoms with Crippen LogP contribution in [0, 0.1) is 6.92 Å². The molecule has 6 heteroatoms. The molecule has 0 saturated carbocycles. The highest BCUT2D eigenvalue weighted by atomic mass is 16.7. The number of aromatic nitrogens is 1. The lowest BCUT2D eigenvalue weighted by Crippen LogP contribution is -2.25. The first-order chi connectivity index (χ1) is 12.8. The van der Waals surface area contributed by atoms with Crippen molar-refractivity contribution < 1.29 is 24.1 Å². The van der Waals surface area contributed by atoms with Gasteiger partial charge in [0.15, 0.2) is 17.3 Å². The van der Waals surface area contributed by atoms with Crippen LogP contribution < -0.4 is 9.47 Å². The first kappa shape index (κ1) is 19.2. The van der Waals surface area contributed by atoms with Gasteiger partial charge in [0.05, 0.1) is 38.8 Å². The van der Waals surface area contributed by atoms with Gasteiger partial charge >= 0.3 is 0 Å². The summed E-state index contributed by atoms with van der Waals surface area (Å²) in [5, 5.41) is 10.4. The summed E-state index contributed by atoms with van der Waals surface area (Å²) in [6.07, 6.45) is 3.85. The molecular formula is C21H25NO5. The lowest BCUT2D eigenvalue weighted by atomic mass is 10.0. The van der Waals surface area contributed by atoms with Gasteiger partial charge in [-0.3, -0.25) is 0 Å². The van der Waals surface area contributed by atoms with Crippen molar-refractivity contribution in [3.63, 3.8) is 0 Å². The van der Waals surface area contributed by atoms with Gasteiger partial charge < -0.3 is 24.1 Å². The first-order valence-electron chi connectivity index (χ1n) is 8.74. The van der Waals surface area contributed by atoms with E-state index in [1.807, 2.05) is 44.2 Å². The maximum absolute atomic E-state index is 10.4. The Morgan fingerprint density at radius 3 is 2.37 bits per heavy atom. The molecule has 0 fully saturated rings. The summed E-state index contributed by atoms with van der Waals surface area (Å²) < 4.78 is 22.2. The van der Waals surface area contributed by atoms with Gasteiger partial charge in [0, 0.05) is 11.1 Å². The standard InChI is InChI=1S/C21H25NO5/c1-13-20(23)16-12-27-21(2,3)26-11-15(16)17(22-13)8-6-14-7-9-18(24-4)19(10-14)25-5/h6-10,23H,11-12H2,1-5H3/b8-6+. The van der Waals surface area contributed by atoms with E-state index in [-0.39, 0.29) is 12.4 Å². The van der Waals surface area contributed by atoms with Crippen LogP contribution in [-0.2, 0) is 22.7 Å². The molecule has 27 heavy (non-hydrogen) atoms. The van der Waals surface area contributed by atoms with Crippen molar-refractivity contribution in [1.29, 1.82) is 0 Å². The number of benzene rings is 1. The highest BCUT2D eigenvalue weighted by Crippen LogP contribution is 2.34. The van der Waals surface area contributed by atoms with Crippen molar-refractivity contribution in [3.05, 3.63) is 46.3 Å². The highest BCUT2D eigenvalue weighted by molar-refractivity contribution is 5.72. The monoisotopic (exact) mass is 371 g/mol. The summed E-state index contributed by atoms with van der Waals surface area (Å²) in [6.45, 7) is 6.08. The first-order valence-corrected chi connectivity index (χ1v) is 8.74. The molecule has 0 saturated heterocycles. The van der Waals surface area contributed by atoms with Crippen LogP contribution in [-0.4, -0.2) is 30.1 Å². The molecule has 1 aliphatic rings. The Bertz CT molecular complexity index is 873. The third-order valence-corrected chi connectivity index (χ3v) is 4.56. The molecule has 0 radical (unpaired) electrons. The third-order valence-electron chi connectivity index (χ3n) is 4.56. The predicted molar refractivity (Wildman–Crippen MR) is 103 cm³/mol. The number of rotatable bonds is 4. The maximum Gasteiger partial charge on any atom is 0.163 e. The summed E-state index contributed by atoms with van der Waals surface area (Å²) in [6, 6.07) is 5.69. The van der Waals surface area contributed by atoms with Gasteiger partial charge in [-0.15, -0.1) is 0 Å². The minimum Gasteiger partial charge on any atom is -0.506 e. The molecular weight excluding hydrogens is 346 g/mol. The molecule has 0 bridgehead atoms. The van der Waals surface area contributed by atoms with Crippen molar-refractivity contribution in [2.75, 3.05) is 14.2 Å². The predicted octanol–water partition coefficient (Wildman–Crippen LogP) is 4.07. The van der Waals surface area contributed by atoms with E-state index in [1.165, 1.54) is 0 Å². The van der Waals surface area contributed by atoms with Gasteiger partial charge in [-0.05, 0) is 44.5 Å². The van der Waals surface area contributed by atoms with Crippen LogP contribution in [0.2, 0.25) is 0 Å². The largest absolute Gasteiger partial charge is 0.506 e. The zero-order valence-electron chi connectivity index (χ0n) is 16.3. The van der Waals surface area contributed by atoms with Crippen molar-refractivity contribution >= 4 is 12.2 Å². The number of nitrogens with zero attached hydrogens (tertiary/aromatic N) is 1. The van der Waals surface area contributed by atoms with Gasteiger partial charge in [0.2, 0.25) is 0 Å². The molecule has 2 aromatic rings. The summed E-state index contributed by atoms with van der Waals surface area (Å²) in [7, 11) is 3.21. The van der Waals surface area contributed by atoms with E-state index in [0.717, 1.165) is 22.4 Å². The minimum absolute atomic E-state index is 0.162. The van der Waals surface area contributed by atoms with E-state index in [2.05, 4.69) is 4.98 Å². The van der Waals surface area contributed by atoms with Crippen LogP contribution in [0.25, 0.3) is 12.2 Å². The molecule has 144 valence electrons. The lowest BCUT2D eigenvalue weighted by Gasteiger charge is -2.22. The Morgan fingerprint density at radius 2 is 1.70 bits per heavy atom. The van der Waals surface area contributed by atoms with Crippen LogP contribution >= 0.6 is 0 Å². The van der Waals surface area contributed by atoms with Gasteiger partial charge in [0.25, 0.3) is 0 Å². The molecule has 1 aliphatic heterocycles. The molecule has 6 nitrogen and oxygen atoms in total. The van der Waals surface area contributed by atoms with Crippen molar-refractivity contribution in [1.82, 2.24) is 4.98 Å². The molecule has 1 aromatic carbocycles. The second kappa shape index (κ2) is 7.58. The summed E-state index contributed by atoms with van der Waals surface area (Å²) in [5.74, 6) is 0.778. The summed E-state index contributed by atoms with van der Waals surface area (Å²) in [5.41, 5.74) is 3.81. The van der Waals surface area contributed by atoms with Crippen LogP contribution in [0.5, 0.6) is 17.2 Å². The van der Waals surface area contributed by atoms with Crippen LogP contribution in [0.3, 0.4) is 0 Å². The molecule has 2 heterocycles. The number of hydrogen-bond acceptors (Lipinski definition) is 6. The van der Waals surface area contributed by atoms with Crippen molar-refractivity contribution in [2.45, 2.75) is 39.8 Å². The number of pyridine rings is 1. The van der Waals surface area contributed by atoms with E-state index < -0.39 is 5.79 Å². The molecule has 0 unspecified atom stereocenters. The molecule has 1 N–H and O–H groups in total. The number of aromatic hydroxyl groups is 1. The summed E-state index contributed by atoms with van der Waals surface area (Å²) in [4.78, 5) is 4.54. The molecule has 0 atom stereocenters. The molecule has 3 rings (SSSR count). The van der Waals surface area contributed by atoms with E-state index in [0.29, 0.717) is 23.8 Å². The van der Waals surface area contributed by atoms with E-state index in [9.17, 15) is 5.11 Å². The fourth-order valence-electron chi connectivity index (χ4n) is 2.94. The number of aryl methyl sites for hydroxylation is 1. The fraction of sp³-hybridized carbons (Fsp3) is 0.381. The van der Waals surface area contributed by atoms with E-state index in [1.54, 1.807) is 21.1 Å². The normalized spacial score (nSPS) is 16.0. The van der Waals surface area contributed by atoms with Crippen LogP contribution in [0.4, 0.5) is 0 Å². The molecule has 0 aliphatic carbocycles. The topological polar surface area (TPSA) is 70.0 Å². The zero-order chi connectivity index (χ0) is 19.6. The average molecular weight is 371 g/mol. The Balaban J connectivity index is 1.98. The zero-order valence-corrected chi connectivity index (χ0v) is 16.3. The second-order valence-corrected chi connectivity index (χ2v) is 6.81. The molecule has 0 amide bonds. The van der Waals surface area contributed by atoms with Crippen LogP contribution in [0.1, 0.15) is 41.9 Å². The fourth-order valence-corrected chi connectivity index (χ4v) is 2.94.